The van der Waals surface area contributed by atoms with E-state index in [1.165, 1.54) is 283 Å². The summed E-state index contributed by atoms with van der Waals surface area (Å²) in [5.41, 5.74) is 0. The largest absolute Gasteiger partial charge is 0.462 e. The zero-order valence-corrected chi connectivity index (χ0v) is 56.2. The predicted octanol–water partition coefficient (Wildman–Crippen LogP) is 25.9. The van der Waals surface area contributed by atoms with Gasteiger partial charge in [0.05, 0.1) is 0 Å². The summed E-state index contributed by atoms with van der Waals surface area (Å²) in [7, 11) is 0. The van der Waals surface area contributed by atoms with Crippen molar-refractivity contribution < 1.29 is 28.6 Å². The Hall–Kier alpha value is -2.37. The van der Waals surface area contributed by atoms with Gasteiger partial charge < -0.3 is 14.2 Å². The van der Waals surface area contributed by atoms with Crippen molar-refractivity contribution in [3.8, 4) is 0 Å². The minimum absolute atomic E-state index is 0.0716. The first-order valence-electron chi connectivity index (χ1n) is 37.5. The second-order valence-corrected chi connectivity index (χ2v) is 25.5. The maximum Gasteiger partial charge on any atom is 0.306 e. The Morgan fingerprint density at radius 3 is 0.735 bits per heavy atom. The lowest BCUT2D eigenvalue weighted by Gasteiger charge is -2.18. The molecule has 1 unspecified atom stereocenters. The standard InChI is InChI=1S/C77H144O6/c1-4-7-10-13-16-19-22-25-28-30-32-34-36-38-39-41-42-44-46-49-52-55-58-61-64-67-70-76(79)82-73-74(72-81-75(78)69-66-63-60-57-54-51-48-27-24-21-18-15-12-9-6-3)83-77(80)71-68-65-62-59-56-53-50-47-45-43-40-37-35-33-31-29-26-23-20-17-14-11-8-5-2/h9,12,18,21,27,48,74H,4-8,10-11,13-17,19-20,22-26,28-47,49-73H2,1-3H3/b12-9-,21-18-,48-27-. The molecule has 0 N–H and O–H groups in total. The van der Waals surface area contributed by atoms with Gasteiger partial charge in [0.25, 0.3) is 0 Å². The SMILES string of the molecule is CC/C=C\C/C=C\C/C=C\CCCCCCCC(=O)OCC(COC(=O)CCCCCCCCCCCCCCCCCCCCCCCCCCCC)OC(=O)CCCCCCCCCCCCCCCCCCCCCCCCCC. The third kappa shape index (κ3) is 70.3. The number of allylic oxidation sites excluding steroid dienone is 6. The van der Waals surface area contributed by atoms with Crippen molar-refractivity contribution in [1.29, 1.82) is 0 Å². The lowest BCUT2D eigenvalue weighted by molar-refractivity contribution is -0.167. The Morgan fingerprint density at radius 2 is 0.470 bits per heavy atom. The summed E-state index contributed by atoms with van der Waals surface area (Å²) in [5.74, 6) is -0.855. The van der Waals surface area contributed by atoms with E-state index in [0.717, 1.165) is 96.3 Å². The first kappa shape index (κ1) is 80.6. The van der Waals surface area contributed by atoms with Gasteiger partial charge in [-0.2, -0.15) is 0 Å². The van der Waals surface area contributed by atoms with Crippen LogP contribution < -0.4 is 0 Å². The molecule has 83 heavy (non-hydrogen) atoms. The molecule has 488 valence electrons. The number of carbonyl (C=O) groups excluding carboxylic acids is 3. The summed E-state index contributed by atoms with van der Waals surface area (Å²) in [5, 5.41) is 0. The van der Waals surface area contributed by atoms with Crippen molar-refractivity contribution >= 4 is 17.9 Å². The van der Waals surface area contributed by atoms with Crippen LogP contribution in [0.4, 0.5) is 0 Å². The lowest BCUT2D eigenvalue weighted by atomic mass is 10.0. The molecular weight excluding hydrogens is 1020 g/mol. The first-order chi connectivity index (χ1) is 41.0. The normalized spacial score (nSPS) is 12.2. The summed E-state index contributed by atoms with van der Waals surface area (Å²) < 4.78 is 17.0. The fourth-order valence-electron chi connectivity index (χ4n) is 11.6. The van der Waals surface area contributed by atoms with Crippen LogP contribution in [0.15, 0.2) is 36.5 Å². The fraction of sp³-hybridized carbons (Fsp3) is 0.883. The topological polar surface area (TPSA) is 78.9 Å². The molecule has 0 aliphatic carbocycles. The monoisotopic (exact) mass is 1170 g/mol. The molecule has 0 saturated heterocycles. The number of carbonyl (C=O) groups is 3. The summed E-state index contributed by atoms with van der Waals surface area (Å²) >= 11 is 0. The van der Waals surface area contributed by atoms with Crippen LogP contribution in [-0.2, 0) is 28.6 Å². The van der Waals surface area contributed by atoms with Crippen LogP contribution in [0.1, 0.15) is 419 Å². The molecule has 1 atom stereocenters. The van der Waals surface area contributed by atoms with Crippen LogP contribution in [0.2, 0.25) is 0 Å². The van der Waals surface area contributed by atoms with E-state index < -0.39 is 6.10 Å². The van der Waals surface area contributed by atoms with E-state index in [1.807, 2.05) is 0 Å². The van der Waals surface area contributed by atoms with Crippen LogP contribution >= 0.6 is 0 Å². The third-order valence-electron chi connectivity index (χ3n) is 17.2. The van der Waals surface area contributed by atoms with Gasteiger partial charge in [-0.3, -0.25) is 14.4 Å². The van der Waals surface area contributed by atoms with Crippen molar-refractivity contribution in [1.82, 2.24) is 0 Å². The van der Waals surface area contributed by atoms with Gasteiger partial charge in [-0.05, 0) is 51.4 Å². The molecule has 0 aromatic rings. The molecule has 6 heteroatoms. The highest BCUT2D eigenvalue weighted by atomic mass is 16.6. The van der Waals surface area contributed by atoms with E-state index >= 15 is 0 Å². The quantitative estimate of drug-likeness (QED) is 0.0261. The van der Waals surface area contributed by atoms with Gasteiger partial charge in [0.15, 0.2) is 6.10 Å². The van der Waals surface area contributed by atoms with E-state index in [9.17, 15) is 14.4 Å². The molecular formula is C77H144O6. The Kier molecular flexibility index (Phi) is 70.0. The minimum atomic E-state index is -0.778. The summed E-state index contributed by atoms with van der Waals surface area (Å²) in [6, 6.07) is 0. The molecule has 0 aromatic carbocycles. The number of ether oxygens (including phenoxy) is 3. The highest BCUT2D eigenvalue weighted by Gasteiger charge is 2.20. The Bertz CT molecular complexity index is 1380. The van der Waals surface area contributed by atoms with Gasteiger partial charge in [-0.15, -0.1) is 0 Å². The number of esters is 3. The van der Waals surface area contributed by atoms with Crippen molar-refractivity contribution in [2.75, 3.05) is 13.2 Å². The second-order valence-electron chi connectivity index (χ2n) is 25.5. The van der Waals surface area contributed by atoms with E-state index in [2.05, 4.69) is 57.2 Å². The molecule has 0 amide bonds. The maximum atomic E-state index is 13.0. The predicted molar refractivity (Wildman–Crippen MR) is 362 cm³/mol. The van der Waals surface area contributed by atoms with Gasteiger partial charge in [0, 0.05) is 19.3 Å². The van der Waals surface area contributed by atoms with Crippen LogP contribution in [0.3, 0.4) is 0 Å². The zero-order chi connectivity index (χ0) is 59.9. The van der Waals surface area contributed by atoms with Gasteiger partial charge in [0.1, 0.15) is 13.2 Å². The maximum absolute atomic E-state index is 13.0. The third-order valence-corrected chi connectivity index (χ3v) is 17.2. The number of hydrogen-bond acceptors (Lipinski definition) is 6. The molecule has 0 rings (SSSR count). The fourth-order valence-corrected chi connectivity index (χ4v) is 11.6. The van der Waals surface area contributed by atoms with Crippen LogP contribution in [0.5, 0.6) is 0 Å². The van der Waals surface area contributed by atoms with Gasteiger partial charge in [-0.1, -0.05) is 385 Å². The van der Waals surface area contributed by atoms with Crippen LogP contribution in [0, 0.1) is 0 Å². The summed E-state index contributed by atoms with van der Waals surface area (Å²) in [6.07, 6.45) is 90.6. The number of hydrogen-bond donors (Lipinski definition) is 0. The Labute approximate surface area is 518 Å². The highest BCUT2D eigenvalue weighted by molar-refractivity contribution is 5.71. The van der Waals surface area contributed by atoms with Gasteiger partial charge in [0.2, 0.25) is 0 Å². The van der Waals surface area contributed by atoms with E-state index in [0.29, 0.717) is 19.3 Å². The molecule has 0 fully saturated rings. The zero-order valence-electron chi connectivity index (χ0n) is 56.2. The van der Waals surface area contributed by atoms with E-state index in [-0.39, 0.29) is 31.1 Å². The molecule has 0 bridgehead atoms. The van der Waals surface area contributed by atoms with Gasteiger partial charge >= 0.3 is 17.9 Å². The average molecular weight is 1170 g/mol. The lowest BCUT2D eigenvalue weighted by Crippen LogP contribution is -2.30. The Balaban J connectivity index is 4.23. The van der Waals surface area contributed by atoms with Gasteiger partial charge in [-0.25, -0.2) is 0 Å². The number of unbranched alkanes of at least 4 members (excludes halogenated alkanes) is 53. The Morgan fingerprint density at radius 1 is 0.253 bits per heavy atom. The molecule has 0 aliphatic rings. The van der Waals surface area contributed by atoms with Crippen LogP contribution in [-0.4, -0.2) is 37.2 Å². The van der Waals surface area contributed by atoms with Crippen molar-refractivity contribution in [3.05, 3.63) is 36.5 Å². The first-order valence-corrected chi connectivity index (χ1v) is 37.5. The summed E-state index contributed by atoms with van der Waals surface area (Å²) in [4.78, 5) is 38.5. The smallest absolute Gasteiger partial charge is 0.306 e. The van der Waals surface area contributed by atoms with Crippen molar-refractivity contribution in [2.24, 2.45) is 0 Å². The van der Waals surface area contributed by atoms with Crippen molar-refractivity contribution in [3.63, 3.8) is 0 Å². The summed E-state index contributed by atoms with van der Waals surface area (Å²) in [6.45, 7) is 6.61. The molecule has 0 aromatic heterocycles. The minimum Gasteiger partial charge on any atom is -0.462 e. The molecule has 0 radical (unpaired) electrons. The van der Waals surface area contributed by atoms with Crippen molar-refractivity contribution in [2.45, 2.75) is 425 Å². The van der Waals surface area contributed by atoms with E-state index in [1.54, 1.807) is 0 Å². The number of rotatable bonds is 70. The molecule has 0 aliphatic heterocycles. The molecule has 0 spiro atoms. The molecule has 0 heterocycles. The second kappa shape index (κ2) is 72.1. The van der Waals surface area contributed by atoms with E-state index in [4.69, 9.17) is 14.2 Å². The van der Waals surface area contributed by atoms with Crippen LogP contribution in [0.25, 0.3) is 0 Å². The molecule has 6 nitrogen and oxygen atoms in total. The average Bonchev–Trinajstić information content (AvgIpc) is 3.50. The molecule has 0 saturated carbocycles. The highest BCUT2D eigenvalue weighted by Crippen LogP contribution is 2.20.